The average molecular weight is 219 g/mol. The Bertz CT molecular complexity index is 193. The molecule has 0 saturated carbocycles. The molecule has 0 aliphatic carbocycles. The number of thiophene rings is 1. The lowest BCUT2D eigenvalue weighted by atomic mass is 10.2. The molecule has 0 bridgehead atoms. The van der Waals surface area contributed by atoms with Crippen molar-refractivity contribution in [3.8, 4) is 0 Å². The highest BCUT2D eigenvalue weighted by molar-refractivity contribution is 9.10. The summed E-state index contributed by atoms with van der Waals surface area (Å²) in [6, 6.07) is 2.12. The lowest BCUT2D eigenvalue weighted by Crippen LogP contribution is -1.78. The third-order valence-electron chi connectivity index (χ3n) is 1.45. The first-order chi connectivity index (χ1) is 4.84. The van der Waals surface area contributed by atoms with Crippen molar-refractivity contribution < 1.29 is 0 Å². The van der Waals surface area contributed by atoms with Crippen LogP contribution in [-0.2, 0) is 6.42 Å². The standard InChI is InChI=1S/C8H11BrS/c1-2-3-4-8-7(9)5-6-10-8/h5-6H,2-4H2,1H3. The molecule has 0 aliphatic rings. The predicted molar refractivity (Wildman–Crippen MR) is 50.6 cm³/mol. The molecule has 0 amide bonds. The third-order valence-corrected chi connectivity index (χ3v) is 3.43. The summed E-state index contributed by atoms with van der Waals surface area (Å²) in [6.07, 6.45) is 3.82. The molecule has 10 heavy (non-hydrogen) atoms. The Hall–Kier alpha value is 0.180. The van der Waals surface area contributed by atoms with Gasteiger partial charge >= 0.3 is 0 Å². The van der Waals surface area contributed by atoms with E-state index >= 15 is 0 Å². The summed E-state index contributed by atoms with van der Waals surface area (Å²) >= 11 is 5.35. The molecule has 0 nitrogen and oxygen atoms in total. The Balaban J connectivity index is 2.49. The maximum atomic E-state index is 3.51. The van der Waals surface area contributed by atoms with E-state index in [1.165, 1.54) is 28.6 Å². The third kappa shape index (κ3) is 2.10. The topological polar surface area (TPSA) is 0 Å². The molecule has 56 valence electrons. The van der Waals surface area contributed by atoms with E-state index in [9.17, 15) is 0 Å². The first kappa shape index (κ1) is 8.28. The van der Waals surface area contributed by atoms with E-state index in [1.54, 1.807) is 0 Å². The largest absolute Gasteiger partial charge is 0.148 e. The second-order valence-corrected chi connectivity index (χ2v) is 4.15. The van der Waals surface area contributed by atoms with Gasteiger partial charge in [-0.1, -0.05) is 13.3 Å². The van der Waals surface area contributed by atoms with Crippen molar-refractivity contribution in [1.29, 1.82) is 0 Å². The number of halogens is 1. The molecular weight excluding hydrogens is 208 g/mol. The monoisotopic (exact) mass is 218 g/mol. The van der Waals surface area contributed by atoms with Crippen LogP contribution in [0.25, 0.3) is 0 Å². The normalized spacial score (nSPS) is 10.2. The maximum absolute atomic E-state index is 3.51. The zero-order valence-corrected chi connectivity index (χ0v) is 8.46. The van der Waals surface area contributed by atoms with Gasteiger partial charge in [0.05, 0.1) is 0 Å². The minimum atomic E-state index is 1.23. The van der Waals surface area contributed by atoms with Gasteiger partial charge in [-0.25, -0.2) is 0 Å². The highest BCUT2D eigenvalue weighted by atomic mass is 79.9. The van der Waals surface area contributed by atoms with Crippen LogP contribution in [0.5, 0.6) is 0 Å². The van der Waals surface area contributed by atoms with E-state index in [4.69, 9.17) is 0 Å². The minimum absolute atomic E-state index is 1.23. The summed E-state index contributed by atoms with van der Waals surface area (Å²) in [4.78, 5) is 1.49. The van der Waals surface area contributed by atoms with Crippen LogP contribution >= 0.6 is 27.3 Å². The number of rotatable bonds is 3. The molecule has 0 aromatic carbocycles. The van der Waals surface area contributed by atoms with Crippen LogP contribution in [0.3, 0.4) is 0 Å². The first-order valence-corrected chi connectivity index (χ1v) is 5.23. The van der Waals surface area contributed by atoms with Crippen molar-refractivity contribution in [1.82, 2.24) is 0 Å². The van der Waals surface area contributed by atoms with Crippen LogP contribution in [0.15, 0.2) is 15.9 Å². The molecule has 0 radical (unpaired) electrons. The molecule has 1 heterocycles. The number of unbranched alkanes of at least 4 members (excludes halogenated alkanes) is 1. The number of hydrogen-bond donors (Lipinski definition) is 0. The SMILES string of the molecule is CCCCc1sccc1Br. The van der Waals surface area contributed by atoms with Crippen LogP contribution in [0.2, 0.25) is 0 Å². The van der Waals surface area contributed by atoms with Crippen LogP contribution in [-0.4, -0.2) is 0 Å². The number of aryl methyl sites for hydroxylation is 1. The van der Waals surface area contributed by atoms with Crippen LogP contribution in [0.1, 0.15) is 24.6 Å². The summed E-state index contributed by atoms with van der Waals surface area (Å²) in [5.74, 6) is 0. The van der Waals surface area contributed by atoms with Crippen molar-refractivity contribution in [2.45, 2.75) is 26.2 Å². The van der Waals surface area contributed by atoms with Gasteiger partial charge < -0.3 is 0 Å². The fourth-order valence-electron chi connectivity index (χ4n) is 0.841. The Morgan fingerprint density at radius 3 is 2.90 bits per heavy atom. The van der Waals surface area contributed by atoms with E-state index in [-0.39, 0.29) is 0 Å². The quantitative estimate of drug-likeness (QED) is 0.724. The molecule has 0 saturated heterocycles. The first-order valence-electron chi connectivity index (χ1n) is 3.56. The molecule has 0 spiro atoms. The highest BCUT2D eigenvalue weighted by Gasteiger charge is 1.98. The average Bonchev–Trinajstić information content (AvgIpc) is 2.31. The second kappa shape index (κ2) is 4.14. The predicted octanol–water partition coefficient (Wildman–Crippen LogP) is 3.85. The molecule has 0 N–H and O–H groups in total. The molecule has 1 rings (SSSR count). The molecule has 1 aromatic heterocycles. The van der Waals surface area contributed by atoms with E-state index in [0.717, 1.165) is 0 Å². The van der Waals surface area contributed by atoms with Gasteiger partial charge in [-0.05, 0) is 40.2 Å². The molecule has 0 fully saturated rings. The van der Waals surface area contributed by atoms with Crippen molar-refractivity contribution >= 4 is 27.3 Å². The fraction of sp³-hybridized carbons (Fsp3) is 0.500. The Labute approximate surface area is 74.4 Å². The van der Waals surface area contributed by atoms with E-state index in [0.29, 0.717) is 0 Å². The van der Waals surface area contributed by atoms with Gasteiger partial charge in [0.1, 0.15) is 0 Å². The van der Waals surface area contributed by atoms with Gasteiger partial charge in [0.25, 0.3) is 0 Å². The van der Waals surface area contributed by atoms with Crippen LogP contribution in [0, 0.1) is 0 Å². The summed E-state index contributed by atoms with van der Waals surface area (Å²) < 4.78 is 1.28. The number of hydrogen-bond acceptors (Lipinski definition) is 1. The highest BCUT2D eigenvalue weighted by Crippen LogP contribution is 2.23. The fourth-order valence-corrected chi connectivity index (χ4v) is 2.44. The zero-order valence-electron chi connectivity index (χ0n) is 6.06. The summed E-state index contributed by atoms with van der Waals surface area (Å²) in [5.41, 5.74) is 0. The molecular formula is C8H11BrS. The van der Waals surface area contributed by atoms with Crippen molar-refractivity contribution in [2.75, 3.05) is 0 Å². The van der Waals surface area contributed by atoms with Gasteiger partial charge in [0.2, 0.25) is 0 Å². The molecule has 0 unspecified atom stereocenters. The second-order valence-electron chi connectivity index (χ2n) is 2.30. The summed E-state index contributed by atoms with van der Waals surface area (Å²) in [5, 5.41) is 2.13. The molecule has 1 aromatic rings. The molecule has 0 aliphatic heterocycles. The van der Waals surface area contributed by atoms with E-state index < -0.39 is 0 Å². The van der Waals surface area contributed by atoms with Crippen LogP contribution in [0.4, 0.5) is 0 Å². The van der Waals surface area contributed by atoms with E-state index in [1.807, 2.05) is 11.3 Å². The van der Waals surface area contributed by atoms with Crippen molar-refractivity contribution in [3.05, 3.63) is 20.8 Å². The summed E-state index contributed by atoms with van der Waals surface area (Å²) in [7, 11) is 0. The lowest BCUT2D eigenvalue weighted by Gasteiger charge is -1.93. The van der Waals surface area contributed by atoms with E-state index in [2.05, 4.69) is 34.3 Å². The lowest BCUT2D eigenvalue weighted by molar-refractivity contribution is 0.802. The Kier molecular flexibility index (Phi) is 3.43. The maximum Gasteiger partial charge on any atom is 0.0314 e. The smallest absolute Gasteiger partial charge is 0.0314 e. The van der Waals surface area contributed by atoms with Crippen LogP contribution < -0.4 is 0 Å². The Morgan fingerprint density at radius 2 is 2.40 bits per heavy atom. The van der Waals surface area contributed by atoms with Gasteiger partial charge in [0, 0.05) is 9.35 Å². The minimum Gasteiger partial charge on any atom is -0.148 e. The van der Waals surface area contributed by atoms with Gasteiger partial charge in [-0.3, -0.25) is 0 Å². The molecule has 0 atom stereocenters. The van der Waals surface area contributed by atoms with Crippen molar-refractivity contribution in [2.24, 2.45) is 0 Å². The summed E-state index contributed by atoms with van der Waals surface area (Å²) in [6.45, 7) is 2.22. The van der Waals surface area contributed by atoms with Gasteiger partial charge in [0.15, 0.2) is 0 Å². The van der Waals surface area contributed by atoms with Crippen molar-refractivity contribution in [3.63, 3.8) is 0 Å². The van der Waals surface area contributed by atoms with Gasteiger partial charge in [-0.15, -0.1) is 11.3 Å². The Morgan fingerprint density at radius 1 is 1.60 bits per heavy atom. The van der Waals surface area contributed by atoms with Gasteiger partial charge in [-0.2, -0.15) is 0 Å². The molecule has 2 heteroatoms. The zero-order chi connectivity index (χ0) is 7.40.